The Labute approximate surface area is 99.4 Å². The Kier molecular flexibility index (Phi) is 2.99. The van der Waals surface area contributed by atoms with Crippen molar-refractivity contribution in [3.8, 4) is 11.1 Å². The van der Waals surface area contributed by atoms with Gasteiger partial charge in [0.25, 0.3) is 0 Å². The van der Waals surface area contributed by atoms with Gasteiger partial charge in [0.05, 0.1) is 0 Å². The summed E-state index contributed by atoms with van der Waals surface area (Å²) in [6, 6.07) is 12.2. The largest absolute Gasteiger partial charge is 0.248 e. The van der Waals surface area contributed by atoms with Gasteiger partial charge in [0.15, 0.2) is 0 Å². The van der Waals surface area contributed by atoms with Crippen molar-refractivity contribution in [1.82, 2.24) is 4.98 Å². The number of hydrogen-bond acceptors (Lipinski definition) is 1. The lowest BCUT2D eigenvalue weighted by atomic mass is 10.1. The summed E-state index contributed by atoms with van der Waals surface area (Å²) in [5.41, 5.74) is 2.33. The van der Waals surface area contributed by atoms with E-state index in [1.54, 1.807) is 6.20 Å². The number of rotatable bonds is 1. The molecule has 0 aliphatic heterocycles. The molecule has 0 bridgehead atoms. The lowest BCUT2D eigenvalue weighted by Gasteiger charge is -2.04. The third-order valence-corrected chi connectivity index (χ3v) is 2.97. The molecular weight excluding hydrogens is 306 g/mol. The number of pyridine rings is 1. The Bertz CT molecular complexity index is 440. The zero-order valence-corrected chi connectivity index (χ0v) is 10.4. The van der Waals surface area contributed by atoms with Gasteiger partial charge in [0, 0.05) is 16.2 Å². The van der Waals surface area contributed by atoms with Gasteiger partial charge >= 0.3 is 0 Å². The van der Waals surface area contributed by atoms with Crippen molar-refractivity contribution in [2.24, 2.45) is 0 Å². The third-order valence-electron chi connectivity index (χ3n) is 1.91. The number of halogens is 2. The van der Waals surface area contributed by atoms with Crippen LogP contribution >= 0.6 is 31.9 Å². The van der Waals surface area contributed by atoms with E-state index in [0.29, 0.717) is 0 Å². The van der Waals surface area contributed by atoms with Gasteiger partial charge in [0.2, 0.25) is 0 Å². The summed E-state index contributed by atoms with van der Waals surface area (Å²) < 4.78 is 1.85. The van der Waals surface area contributed by atoms with E-state index in [9.17, 15) is 0 Å². The normalized spacial score (nSPS) is 10.1. The minimum Gasteiger partial charge on any atom is -0.248 e. The molecule has 0 aliphatic rings. The maximum Gasteiger partial charge on any atom is 0.106 e. The van der Waals surface area contributed by atoms with Crippen molar-refractivity contribution < 1.29 is 0 Å². The summed E-state index contributed by atoms with van der Waals surface area (Å²) in [6.07, 6.45) is 1.80. The first kappa shape index (κ1) is 9.87. The predicted molar refractivity (Wildman–Crippen MR) is 65.1 cm³/mol. The van der Waals surface area contributed by atoms with Gasteiger partial charge in [-0.2, -0.15) is 0 Å². The van der Waals surface area contributed by atoms with Crippen LogP contribution in [-0.4, -0.2) is 4.98 Å². The molecule has 0 fully saturated rings. The van der Waals surface area contributed by atoms with E-state index in [1.165, 1.54) is 5.56 Å². The number of hydrogen-bond donors (Lipinski definition) is 0. The molecular formula is C11H7Br2N. The summed E-state index contributed by atoms with van der Waals surface area (Å²) in [6.45, 7) is 0. The van der Waals surface area contributed by atoms with Gasteiger partial charge in [-0.1, -0.05) is 30.3 Å². The first-order chi connectivity index (χ1) is 6.77. The van der Waals surface area contributed by atoms with Gasteiger partial charge in [0.1, 0.15) is 4.60 Å². The van der Waals surface area contributed by atoms with E-state index in [-0.39, 0.29) is 0 Å². The third kappa shape index (κ3) is 2.04. The van der Waals surface area contributed by atoms with Gasteiger partial charge in [-0.25, -0.2) is 4.98 Å². The number of aromatic nitrogens is 1. The van der Waals surface area contributed by atoms with Gasteiger partial charge in [-0.15, -0.1) is 0 Å². The van der Waals surface area contributed by atoms with Crippen molar-refractivity contribution in [3.63, 3.8) is 0 Å². The van der Waals surface area contributed by atoms with Crippen molar-refractivity contribution in [3.05, 3.63) is 51.7 Å². The van der Waals surface area contributed by atoms with Crippen LogP contribution in [0, 0.1) is 0 Å². The van der Waals surface area contributed by atoms with Crippen LogP contribution in [-0.2, 0) is 0 Å². The smallest absolute Gasteiger partial charge is 0.106 e. The van der Waals surface area contributed by atoms with Crippen LogP contribution in [0.1, 0.15) is 0 Å². The highest BCUT2D eigenvalue weighted by molar-refractivity contribution is 9.11. The quantitative estimate of drug-likeness (QED) is 0.716. The Balaban J connectivity index is 2.57. The van der Waals surface area contributed by atoms with Crippen molar-refractivity contribution >= 4 is 31.9 Å². The van der Waals surface area contributed by atoms with Gasteiger partial charge < -0.3 is 0 Å². The lowest BCUT2D eigenvalue weighted by Crippen LogP contribution is -1.82. The standard InChI is InChI=1S/C11H7Br2N/c12-10-7-14-11(13)6-9(10)8-4-2-1-3-5-8/h1-7H. The molecule has 0 saturated heterocycles. The molecule has 1 aromatic heterocycles. The summed E-state index contributed by atoms with van der Waals surface area (Å²) in [7, 11) is 0. The zero-order valence-electron chi connectivity index (χ0n) is 7.24. The van der Waals surface area contributed by atoms with Crippen LogP contribution in [0.2, 0.25) is 0 Å². The summed E-state index contributed by atoms with van der Waals surface area (Å²) in [5, 5.41) is 0. The molecule has 0 aliphatic carbocycles. The lowest BCUT2D eigenvalue weighted by molar-refractivity contribution is 1.26. The summed E-state index contributed by atoms with van der Waals surface area (Å²) in [5.74, 6) is 0. The van der Waals surface area contributed by atoms with Crippen molar-refractivity contribution in [2.45, 2.75) is 0 Å². The van der Waals surface area contributed by atoms with Crippen LogP contribution in [0.15, 0.2) is 51.7 Å². The molecule has 70 valence electrons. The second-order valence-electron chi connectivity index (χ2n) is 2.85. The van der Waals surface area contributed by atoms with Crippen LogP contribution in [0.5, 0.6) is 0 Å². The number of nitrogens with zero attached hydrogens (tertiary/aromatic N) is 1. The SMILES string of the molecule is Brc1cc(-c2ccccc2)c(Br)cn1. The molecule has 0 amide bonds. The monoisotopic (exact) mass is 311 g/mol. The Morgan fingerprint density at radius 2 is 1.71 bits per heavy atom. The highest BCUT2D eigenvalue weighted by Gasteiger charge is 2.03. The van der Waals surface area contributed by atoms with E-state index in [0.717, 1.165) is 14.6 Å². The average Bonchev–Trinajstić information content (AvgIpc) is 2.23. The molecule has 0 unspecified atom stereocenters. The molecule has 0 radical (unpaired) electrons. The molecule has 1 aromatic carbocycles. The molecule has 0 saturated carbocycles. The van der Waals surface area contributed by atoms with Gasteiger partial charge in [-0.3, -0.25) is 0 Å². The van der Waals surface area contributed by atoms with Crippen LogP contribution in [0.3, 0.4) is 0 Å². The molecule has 14 heavy (non-hydrogen) atoms. The highest BCUT2D eigenvalue weighted by Crippen LogP contribution is 2.29. The predicted octanol–water partition coefficient (Wildman–Crippen LogP) is 4.27. The number of benzene rings is 1. The fourth-order valence-corrected chi connectivity index (χ4v) is 2.03. The second kappa shape index (κ2) is 4.24. The van der Waals surface area contributed by atoms with E-state index >= 15 is 0 Å². The minimum atomic E-state index is 0.847. The average molecular weight is 313 g/mol. The van der Waals surface area contributed by atoms with E-state index in [1.807, 2.05) is 24.3 Å². The molecule has 0 atom stereocenters. The van der Waals surface area contributed by atoms with Crippen molar-refractivity contribution in [2.75, 3.05) is 0 Å². The topological polar surface area (TPSA) is 12.9 Å². The molecule has 2 aromatic rings. The molecule has 0 N–H and O–H groups in total. The summed E-state index contributed by atoms with van der Waals surface area (Å²) >= 11 is 6.85. The summed E-state index contributed by atoms with van der Waals surface area (Å²) in [4.78, 5) is 4.13. The van der Waals surface area contributed by atoms with Gasteiger partial charge in [-0.05, 0) is 43.5 Å². The molecule has 1 heterocycles. The molecule has 0 spiro atoms. The van der Waals surface area contributed by atoms with E-state index < -0.39 is 0 Å². The van der Waals surface area contributed by atoms with Crippen LogP contribution in [0.25, 0.3) is 11.1 Å². The van der Waals surface area contributed by atoms with E-state index in [2.05, 4.69) is 49.0 Å². The molecule has 3 heteroatoms. The Morgan fingerprint density at radius 1 is 1.00 bits per heavy atom. The highest BCUT2D eigenvalue weighted by atomic mass is 79.9. The maximum absolute atomic E-state index is 4.13. The second-order valence-corrected chi connectivity index (χ2v) is 4.52. The minimum absolute atomic E-state index is 0.847. The van der Waals surface area contributed by atoms with E-state index in [4.69, 9.17) is 0 Å². The Morgan fingerprint density at radius 3 is 2.43 bits per heavy atom. The van der Waals surface area contributed by atoms with Crippen molar-refractivity contribution in [1.29, 1.82) is 0 Å². The maximum atomic E-state index is 4.13. The Hall–Kier alpha value is -0.670. The van der Waals surface area contributed by atoms with Crippen LogP contribution < -0.4 is 0 Å². The van der Waals surface area contributed by atoms with Crippen LogP contribution in [0.4, 0.5) is 0 Å². The first-order valence-corrected chi connectivity index (χ1v) is 5.72. The zero-order chi connectivity index (χ0) is 9.97. The fraction of sp³-hybridized carbons (Fsp3) is 0. The molecule has 1 nitrogen and oxygen atoms in total. The fourth-order valence-electron chi connectivity index (χ4n) is 1.25. The first-order valence-electron chi connectivity index (χ1n) is 4.14. The molecule has 2 rings (SSSR count).